The maximum atomic E-state index is 10.8. The third-order valence-corrected chi connectivity index (χ3v) is 5.01. The number of aliphatic carboxylic acids is 1. The zero-order valence-electron chi connectivity index (χ0n) is 13.2. The van der Waals surface area contributed by atoms with Gasteiger partial charge in [-0.2, -0.15) is 5.10 Å². The lowest BCUT2D eigenvalue weighted by Gasteiger charge is -2.32. The maximum Gasteiger partial charge on any atom is 0.325 e. The number of rotatable bonds is 5. The van der Waals surface area contributed by atoms with Gasteiger partial charge in [-0.25, -0.2) is 0 Å². The van der Waals surface area contributed by atoms with E-state index in [9.17, 15) is 4.79 Å². The van der Waals surface area contributed by atoms with Crippen molar-refractivity contribution in [2.75, 3.05) is 13.1 Å². The highest BCUT2D eigenvalue weighted by Gasteiger charge is 2.23. The second-order valence-electron chi connectivity index (χ2n) is 6.15. The molecule has 2 heterocycles. The molecule has 0 unspecified atom stereocenters. The van der Waals surface area contributed by atoms with E-state index in [1.54, 1.807) is 6.20 Å². The molecule has 2 aromatic rings. The summed E-state index contributed by atoms with van der Waals surface area (Å²) in [5, 5.41) is 14.4. The Labute approximate surface area is 150 Å². The summed E-state index contributed by atoms with van der Waals surface area (Å²) in [4.78, 5) is 13.2. The summed E-state index contributed by atoms with van der Waals surface area (Å²) in [6.07, 6.45) is 3.90. The number of nitrogens with zero attached hydrogens (tertiary/aromatic N) is 3. The smallest absolute Gasteiger partial charge is 0.325 e. The van der Waals surface area contributed by atoms with Gasteiger partial charge < -0.3 is 5.11 Å². The number of likely N-dealkylation sites (tertiary alicyclic amines) is 1. The molecule has 24 heavy (non-hydrogen) atoms. The number of halogens is 2. The summed E-state index contributed by atoms with van der Waals surface area (Å²) in [5.74, 6) is -0.550. The van der Waals surface area contributed by atoms with Gasteiger partial charge in [-0.3, -0.25) is 14.4 Å². The van der Waals surface area contributed by atoms with Crippen LogP contribution in [0.5, 0.6) is 0 Å². The van der Waals surface area contributed by atoms with Gasteiger partial charge in [0.05, 0.1) is 15.7 Å². The van der Waals surface area contributed by atoms with E-state index in [-0.39, 0.29) is 6.54 Å². The Balaban J connectivity index is 1.64. The Hall–Kier alpha value is -1.56. The normalized spacial score (nSPS) is 18.7. The zero-order chi connectivity index (χ0) is 17.1. The molecule has 5 nitrogen and oxygen atoms in total. The lowest BCUT2D eigenvalue weighted by molar-refractivity contribution is -0.137. The lowest BCUT2D eigenvalue weighted by atomic mass is 9.94. The van der Waals surface area contributed by atoms with Gasteiger partial charge >= 0.3 is 5.97 Å². The Bertz CT molecular complexity index is 732. The van der Waals surface area contributed by atoms with Crippen LogP contribution in [0.2, 0.25) is 10.0 Å². The van der Waals surface area contributed by atoms with E-state index in [1.807, 2.05) is 24.3 Å². The molecule has 3 rings (SSSR count). The van der Waals surface area contributed by atoms with Gasteiger partial charge in [0.25, 0.3) is 0 Å². The molecule has 0 bridgehead atoms. The molecule has 0 spiro atoms. The summed E-state index contributed by atoms with van der Waals surface area (Å²) in [6.45, 7) is 2.67. The predicted molar refractivity (Wildman–Crippen MR) is 93.6 cm³/mol. The number of carboxylic acids is 1. The molecule has 1 aliphatic rings. The second kappa shape index (κ2) is 7.55. The van der Waals surface area contributed by atoms with E-state index in [1.165, 1.54) is 4.68 Å². The molecule has 0 aliphatic carbocycles. The first kappa shape index (κ1) is 17.3. The number of carboxylic acid groups (broad SMARTS) is 1. The number of hydrogen-bond donors (Lipinski definition) is 1. The van der Waals surface area contributed by atoms with Crippen molar-refractivity contribution in [1.29, 1.82) is 0 Å². The zero-order valence-corrected chi connectivity index (χ0v) is 14.7. The molecule has 0 saturated carbocycles. The molecule has 1 aromatic carbocycles. The maximum absolute atomic E-state index is 10.8. The fourth-order valence-electron chi connectivity index (χ4n) is 3.16. The second-order valence-corrected chi connectivity index (χ2v) is 6.97. The lowest BCUT2D eigenvalue weighted by Crippen LogP contribution is -2.34. The first-order valence-electron chi connectivity index (χ1n) is 7.92. The van der Waals surface area contributed by atoms with Gasteiger partial charge in [0.15, 0.2) is 0 Å². The Morgan fingerprint density at radius 1 is 1.29 bits per heavy atom. The number of aromatic nitrogens is 2. The summed E-state index contributed by atoms with van der Waals surface area (Å²) >= 11 is 12.1. The fourth-order valence-corrected chi connectivity index (χ4v) is 3.48. The highest BCUT2D eigenvalue weighted by molar-refractivity contribution is 6.42. The average molecular weight is 368 g/mol. The number of hydrogen-bond acceptors (Lipinski definition) is 3. The van der Waals surface area contributed by atoms with Crippen molar-refractivity contribution in [3.63, 3.8) is 0 Å². The Morgan fingerprint density at radius 2 is 2.12 bits per heavy atom. The van der Waals surface area contributed by atoms with Gasteiger partial charge in [0.2, 0.25) is 0 Å². The van der Waals surface area contributed by atoms with Gasteiger partial charge in [0.1, 0.15) is 6.54 Å². The van der Waals surface area contributed by atoms with Crippen LogP contribution in [0.3, 0.4) is 0 Å². The van der Waals surface area contributed by atoms with Gasteiger partial charge in [0, 0.05) is 25.2 Å². The van der Waals surface area contributed by atoms with E-state index in [4.69, 9.17) is 28.3 Å². The molecular weight excluding hydrogens is 349 g/mol. The van der Waals surface area contributed by atoms with Crippen molar-refractivity contribution in [3.8, 4) is 0 Å². The van der Waals surface area contributed by atoms with Crippen molar-refractivity contribution in [2.24, 2.45) is 0 Å². The van der Waals surface area contributed by atoms with E-state index >= 15 is 0 Å². The quantitative estimate of drug-likeness (QED) is 0.875. The van der Waals surface area contributed by atoms with Gasteiger partial charge in [-0.1, -0.05) is 29.3 Å². The van der Waals surface area contributed by atoms with Crippen LogP contribution in [-0.2, 0) is 17.9 Å². The molecular formula is C17H19Cl2N3O2. The van der Waals surface area contributed by atoms with Crippen molar-refractivity contribution >= 4 is 29.2 Å². The van der Waals surface area contributed by atoms with Crippen LogP contribution >= 0.6 is 23.2 Å². The first-order valence-corrected chi connectivity index (χ1v) is 8.68. The Morgan fingerprint density at radius 3 is 2.88 bits per heavy atom. The summed E-state index contributed by atoms with van der Waals surface area (Å²) in [6, 6.07) is 7.67. The van der Waals surface area contributed by atoms with Gasteiger partial charge in [-0.05, 0) is 43.1 Å². The molecule has 1 atom stereocenters. The molecule has 0 amide bonds. The fraction of sp³-hybridized carbons (Fsp3) is 0.412. The van der Waals surface area contributed by atoms with Crippen molar-refractivity contribution in [3.05, 3.63) is 51.8 Å². The van der Waals surface area contributed by atoms with Crippen molar-refractivity contribution in [1.82, 2.24) is 14.7 Å². The number of carbonyl (C=O) groups is 1. The topological polar surface area (TPSA) is 58.4 Å². The summed E-state index contributed by atoms with van der Waals surface area (Å²) < 4.78 is 1.48. The molecule has 1 fully saturated rings. The van der Waals surface area contributed by atoms with E-state index in [2.05, 4.69) is 10.00 Å². The SMILES string of the molecule is O=C(O)Cn1ccc([C@H]2CCCN(Cc3ccc(Cl)c(Cl)c3)C2)n1. The summed E-state index contributed by atoms with van der Waals surface area (Å²) in [5.41, 5.74) is 2.11. The van der Waals surface area contributed by atoms with Crippen LogP contribution < -0.4 is 0 Å². The van der Waals surface area contributed by atoms with Crippen LogP contribution in [-0.4, -0.2) is 38.8 Å². The monoisotopic (exact) mass is 367 g/mol. The summed E-state index contributed by atoms with van der Waals surface area (Å²) in [7, 11) is 0. The van der Waals surface area contributed by atoms with E-state index in [0.29, 0.717) is 16.0 Å². The third-order valence-electron chi connectivity index (χ3n) is 4.27. The van der Waals surface area contributed by atoms with Crippen LogP contribution in [0.1, 0.15) is 30.0 Å². The first-order chi connectivity index (χ1) is 11.5. The molecule has 128 valence electrons. The molecule has 7 heteroatoms. The predicted octanol–water partition coefficient (Wildman–Crippen LogP) is 3.65. The van der Waals surface area contributed by atoms with E-state index < -0.39 is 5.97 Å². The van der Waals surface area contributed by atoms with E-state index in [0.717, 1.165) is 43.7 Å². The average Bonchev–Trinajstić information content (AvgIpc) is 2.99. The van der Waals surface area contributed by atoms with Gasteiger partial charge in [-0.15, -0.1) is 0 Å². The highest BCUT2D eigenvalue weighted by Crippen LogP contribution is 2.28. The van der Waals surface area contributed by atoms with Crippen LogP contribution in [0.4, 0.5) is 0 Å². The molecule has 1 N–H and O–H groups in total. The Kier molecular flexibility index (Phi) is 5.43. The standard InChI is InChI=1S/C17H19Cl2N3O2/c18-14-4-3-12(8-15(14)19)9-21-6-1-2-13(10-21)16-5-7-22(20-16)11-17(23)24/h3-5,7-8,13H,1-2,6,9-11H2,(H,23,24)/t13-/m0/s1. The van der Waals surface area contributed by atoms with Crippen LogP contribution in [0, 0.1) is 0 Å². The van der Waals surface area contributed by atoms with Crippen molar-refractivity contribution in [2.45, 2.75) is 31.8 Å². The highest BCUT2D eigenvalue weighted by atomic mass is 35.5. The number of piperidine rings is 1. The minimum absolute atomic E-state index is 0.0975. The number of benzene rings is 1. The minimum atomic E-state index is -0.880. The molecule has 0 radical (unpaired) electrons. The molecule has 1 aromatic heterocycles. The van der Waals surface area contributed by atoms with Crippen LogP contribution in [0.15, 0.2) is 30.5 Å². The third kappa shape index (κ3) is 4.29. The minimum Gasteiger partial charge on any atom is -0.480 e. The van der Waals surface area contributed by atoms with Crippen molar-refractivity contribution < 1.29 is 9.90 Å². The molecule has 1 aliphatic heterocycles. The van der Waals surface area contributed by atoms with Crippen LogP contribution in [0.25, 0.3) is 0 Å². The molecule has 1 saturated heterocycles. The largest absolute Gasteiger partial charge is 0.480 e.